The summed E-state index contributed by atoms with van der Waals surface area (Å²) in [6.07, 6.45) is 6.22. The summed E-state index contributed by atoms with van der Waals surface area (Å²) in [7, 11) is 0. The van der Waals surface area contributed by atoms with E-state index in [1.54, 1.807) is 0 Å². The third kappa shape index (κ3) is 3.22. The molecular formula is C15H22O2. The number of benzene rings is 1. The van der Waals surface area contributed by atoms with Gasteiger partial charge >= 0.3 is 0 Å². The van der Waals surface area contributed by atoms with Crippen LogP contribution in [-0.2, 0) is 6.42 Å². The summed E-state index contributed by atoms with van der Waals surface area (Å²) in [6.45, 7) is 3.01. The standard InChI is InChI=1S/C15H22O2/c1-2-3-4-7-14(16)12-8-9-15-13(11-12)6-5-10-17-15/h8-9,11,14,16H,2-7,10H2,1H3. The van der Waals surface area contributed by atoms with Gasteiger partial charge in [0.15, 0.2) is 0 Å². The Morgan fingerprint density at radius 3 is 3.06 bits per heavy atom. The maximum Gasteiger partial charge on any atom is 0.122 e. The van der Waals surface area contributed by atoms with Crippen molar-refractivity contribution < 1.29 is 9.84 Å². The number of aliphatic hydroxyl groups is 1. The fraction of sp³-hybridized carbons (Fsp3) is 0.600. The molecule has 2 heteroatoms. The first-order valence-electron chi connectivity index (χ1n) is 6.75. The molecule has 17 heavy (non-hydrogen) atoms. The molecule has 2 rings (SSSR count). The first-order valence-corrected chi connectivity index (χ1v) is 6.75. The minimum Gasteiger partial charge on any atom is -0.493 e. The Balaban J connectivity index is 2.00. The molecule has 1 aromatic carbocycles. The fourth-order valence-electron chi connectivity index (χ4n) is 2.34. The van der Waals surface area contributed by atoms with Crippen LogP contribution in [0.5, 0.6) is 5.75 Å². The highest BCUT2D eigenvalue weighted by atomic mass is 16.5. The van der Waals surface area contributed by atoms with Crippen molar-refractivity contribution in [3.63, 3.8) is 0 Å². The van der Waals surface area contributed by atoms with Gasteiger partial charge in [0.25, 0.3) is 0 Å². The summed E-state index contributed by atoms with van der Waals surface area (Å²) in [6, 6.07) is 6.12. The van der Waals surface area contributed by atoms with E-state index in [9.17, 15) is 5.11 Å². The molecule has 0 aliphatic carbocycles. The molecule has 1 atom stereocenters. The number of rotatable bonds is 5. The minimum absolute atomic E-state index is 0.311. The lowest BCUT2D eigenvalue weighted by Crippen LogP contribution is -2.09. The van der Waals surface area contributed by atoms with Crippen molar-refractivity contribution in [3.05, 3.63) is 29.3 Å². The van der Waals surface area contributed by atoms with Crippen LogP contribution in [0, 0.1) is 0 Å². The predicted molar refractivity (Wildman–Crippen MR) is 69.4 cm³/mol. The molecule has 1 heterocycles. The smallest absolute Gasteiger partial charge is 0.122 e. The zero-order valence-electron chi connectivity index (χ0n) is 10.6. The highest BCUT2D eigenvalue weighted by molar-refractivity contribution is 5.39. The monoisotopic (exact) mass is 234 g/mol. The van der Waals surface area contributed by atoms with Crippen LogP contribution in [0.4, 0.5) is 0 Å². The maximum atomic E-state index is 10.1. The van der Waals surface area contributed by atoms with Crippen LogP contribution >= 0.6 is 0 Å². The summed E-state index contributed by atoms with van der Waals surface area (Å²) < 4.78 is 5.58. The summed E-state index contributed by atoms with van der Waals surface area (Å²) in [5, 5.41) is 10.1. The Morgan fingerprint density at radius 2 is 2.24 bits per heavy atom. The molecule has 2 nitrogen and oxygen atoms in total. The van der Waals surface area contributed by atoms with Crippen molar-refractivity contribution in [1.29, 1.82) is 0 Å². The van der Waals surface area contributed by atoms with Crippen LogP contribution in [0.3, 0.4) is 0 Å². The molecule has 0 aromatic heterocycles. The molecule has 0 spiro atoms. The SMILES string of the molecule is CCCCCC(O)c1ccc2c(c1)CCCO2. The van der Waals surface area contributed by atoms with Crippen molar-refractivity contribution in [1.82, 2.24) is 0 Å². The first-order chi connectivity index (χ1) is 8.31. The molecule has 1 aliphatic heterocycles. The van der Waals surface area contributed by atoms with Crippen molar-refractivity contribution in [2.24, 2.45) is 0 Å². The minimum atomic E-state index is -0.311. The van der Waals surface area contributed by atoms with Gasteiger partial charge in [0, 0.05) is 0 Å². The average Bonchev–Trinajstić information content (AvgIpc) is 2.38. The first kappa shape index (κ1) is 12.4. The van der Waals surface area contributed by atoms with Crippen LogP contribution in [0.25, 0.3) is 0 Å². The number of aliphatic hydroxyl groups excluding tert-OH is 1. The number of hydrogen-bond donors (Lipinski definition) is 1. The van der Waals surface area contributed by atoms with Crippen LogP contribution in [-0.4, -0.2) is 11.7 Å². The van der Waals surface area contributed by atoms with Gasteiger partial charge in [-0.3, -0.25) is 0 Å². The van der Waals surface area contributed by atoms with Gasteiger partial charge in [-0.05, 0) is 42.5 Å². The molecule has 0 radical (unpaired) electrons. The van der Waals surface area contributed by atoms with E-state index in [1.807, 2.05) is 12.1 Å². The number of aryl methyl sites for hydroxylation is 1. The van der Waals surface area contributed by atoms with Gasteiger partial charge < -0.3 is 9.84 Å². The topological polar surface area (TPSA) is 29.5 Å². The summed E-state index contributed by atoms with van der Waals surface area (Å²) >= 11 is 0. The second-order valence-electron chi connectivity index (χ2n) is 4.83. The predicted octanol–water partition coefficient (Wildman–Crippen LogP) is 3.63. The second-order valence-corrected chi connectivity index (χ2v) is 4.83. The van der Waals surface area contributed by atoms with E-state index in [-0.39, 0.29) is 6.10 Å². The second kappa shape index (κ2) is 6.06. The van der Waals surface area contributed by atoms with E-state index in [0.29, 0.717) is 0 Å². The highest BCUT2D eigenvalue weighted by Gasteiger charge is 2.13. The van der Waals surface area contributed by atoms with E-state index in [0.717, 1.165) is 43.6 Å². The van der Waals surface area contributed by atoms with E-state index >= 15 is 0 Å². The molecule has 0 fully saturated rings. The van der Waals surface area contributed by atoms with Crippen LogP contribution in [0.15, 0.2) is 18.2 Å². The normalized spacial score (nSPS) is 16.1. The van der Waals surface area contributed by atoms with Gasteiger partial charge in [-0.2, -0.15) is 0 Å². The summed E-state index contributed by atoms with van der Waals surface area (Å²) in [5.74, 6) is 1.00. The van der Waals surface area contributed by atoms with Gasteiger partial charge in [0.1, 0.15) is 5.75 Å². The fourth-order valence-corrected chi connectivity index (χ4v) is 2.34. The van der Waals surface area contributed by atoms with Crippen LogP contribution in [0.1, 0.15) is 56.3 Å². The Kier molecular flexibility index (Phi) is 4.43. The van der Waals surface area contributed by atoms with E-state index in [4.69, 9.17) is 4.74 Å². The van der Waals surface area contributed by atoms with Crippen molar-refractivity contribution >= 4 is 0 Å². The largest absolute Gasteiger partial charge is 0.493 e. The van der Waals surface area contributed by atoms with Crippen LogP contribution < -0.4 is 4.74 Å². The Labute approximate surface area is 104 Å². The molecule has 1 aliphatic rings. The van der Waals surface area contributed by atoms with E-state index in [2.05, 4.69) is 13.0 Å². The number of hydrogen-bond acceptors (Lipinski definition) is 2. The zero-order valence-corrected chi connectivity index (χ0v) is 10.6. The molecule has 0 bridgehead atoms. The number of unbranched alkanes of at least 4 members (excludes halogenated alkanes) is 2. The number of fused-ring (bicyclic) bond motifs is 1. The molecule has 94 valence electrons. The quantitative estimate of drug-likeness (QED) is 0.788. The van der Waals surface area contributed by atoms with Gasteiger partial charge in [-0.25, -0.2) is 0 Å². The van der Waals surface area contributed by atoms with Gasteiger partial charge in [0.2, 0.25) is 0 Å². The highest BCUT2D eigenvalue weighted by Crippen LogP contribution is 2.29. The van der Waals surface area contributed by atoms with Gasteiger partial charge in [-0.1, -0.05) is 32.3 Å². The third-order valence-electron chi connectivity index (χ3n) is 3.40. The van der Waals surface area contributed by atoms with Gasteiger partial charge in [0.05, 0.1) is 12.7 Å². The average molecular weight is 234 g/mol. The molecule has 1 N–H and O–H groups in total. The molecule has 1 aromatic rings. The third-order valence-corrected chi connectivity index (χ3v) is 3.40. The van der Waals surface area contributed by atoms with Crippen molar-refractivity contribution in [2.45, 2.75) is 51.6 Å². The lowest BCUT2D eigenvalue weighted by molar-refractivity contribution is 0.163. The lowest BCUT2D eigenvalue weighted by atomic mass is 9.98. The van der Waals surface area contributed by atoms with E-state index in [1.165, 1.54) is 18.4 Å². The number of ether oxygens (including phenoxy) is 1. The van der Waals surface area contributed by atoms with Gasteiger partial charge in [-0.15, -0.1) is 0 Å². The Hall–Kier alpha value is -1.02. The molecule has 0 saturated heterocycles. The molecule has 0 amide bonds. The Morgan fingerprint density at radius 1 is 1.35 bits per heavy atom. The lowest BCUT2D eigenvalue weighted by Gasteiger charge is -2.19. The molecular weight excluding hydrogens is 212 g/mol. The molecule has 0 saturated carbocycles. The summed E-state index contributed by atoms with van der Waals surface area (Å²) in [4.78, 5) is 0. The Bertz CT molecular complexity index is 360. The van der Waals surface area contributed by atoms with Crippen molar-refractivity contribution in [2.75, 3.05) is 6.61 Å². The van der Waals surface area contributed by atoms with Crippen molar-refractivity contribution in [3.8, 4) is 5.75 Å². The van der Waals surface area contributed by atoms with E-state index < -0.39 is 0 Å². The maximum absolute atomic E-state index is 10.1. The molecule has 1 unspecified atom stereocenters. The summed E-state index contributed by atoms with van der Waals surface area (Å²) in [5.41, 5.74) is 2.30. The van der Waals surface area contributed by atoms with Crippen LogP contribution in [0.2, 0.25) is 0 Å². The zero-order chi connectivity index (χ0) is 12.1.